The molecule has 2 heteroatoms. The van der Waals surface area contributed by atoms with Crippen LogP contribution in [0.4, 0.5) is 0 Å². The van der Waals surface area contributed by atoms with Gasteiger partial charge in [-0.15, -0.1) is 17.0 Å². The van der Waals surface area contributed by atoms with Crippen molar-refractivity contribution in [1.82, 2.24) is 4.90 Å². The van der Waals surface area contributed by atoms with Gasteiger partial charge in [0.1, 0.15) is 0 Å². The van der Waals surface area contributed by atoms with Crippen LogP contribution in [0.25, 0.3) is 0 Å². The Morgan fingerprint density at radius 1 is 0.500 bits per heavy atom. The van der Waals surface area contributed by atoms with Crippen LogP contribution in [-0.2, 0) is 0 Å². The van der Waals surface area contributed by atoms with Crippen molar-refractivity contribution in [2.24, 2.45) is 0 Å². The van der Waals surface area contributed by atoms with E-state index in [4.69, 9.17) is 0 Å². The molecule has 0 saturated carbocycles. The molecule has 1 atom stereocenters. The normalized spacial score (nSPS) is 12.4. The van der Waals surface area contributed by atoms with Gasteiger partial charge < -0.3 is 4.90 Å². The summed E-state index contributed by atoms with van der Waals surface area (Å²) < 4.78 is 0. The average Bonchev–Trinajstić information content (AvgIpc) is 2.54. The first-order valence-corrected chi connectivity index (χ1v) is 10.9. The number of unbranched alkanes of at least 4 members (excludes halogenated alkanes) is 13. The van der Waals surface area contributed by atoms with Gasteiger partial charge in [0.25, 0.3) is 0 Å². The Hall–Kier alpha value is 0.440. The molecule has 0 radical (unpaired) electrons. The third-order valence-corrected chi connectivity index (χ3v) is 5.26. The van der Waals surface area contributed by atoms with Crippen molar-refractivity contribution in [3.8, 4) is 0 Å². The first kappa shape index (κ1) is 26.7. The third kappa shape index (κ3) is 18.8. The molecule has 0 aromatic carbocycles. The molecule has 0 bridgehead atoms. The maximum Gasteiger partial charge on any atom is 0.00891 e. The second-order valence-corrected chi connectivity index (χ2v) is 7.79. The van der Waals surface area contributed by atoms with Gasteiger partial charge in [-0.25, -0.2) is 0 Å². The van der Waals surface area contributed by atoms with Crippen molar-refractivity contribution in [3.05, 3.63) is 0 Å². The zero-order chi connectivity index (χ0) is 17.2. The molecule has 0 aliphatic carbocycles. The van der Waals surface area contributed by atoms with Gasteiger partial charge in [-0.05, 0) is 26.9 Å². The van der Waals surface area contributed by atoms with Gasteiger partial charge in [0.15, 0.2) is 0 Å². The summed E-state index contributed by atoms with van der Waals surface area (Å²) in [5.74, 6) is 0. The van der Waals surface area contributed by atoms with Gasteiger partial charge in [0, 0.05) is 6.04 Å². The molecule has 0 aromatic rings. The second-order valence-electron chi connectivity index (χ2n) is 7.79. The Kier molecular flexibility index (Phi) is 23.9. The van der Waals surface area contributed by atoms with Crippen LogP contribution in [0.5, 0.6) is 0 Å². The predicted molar refractivity (Wildman–Crippen MR) is 118 cm³/mol. The summed E-state index contributed by atoms with van der Waals surface area (Å²) in [6, 6.07) is 0.822. The molecule has 0 fully saturated rings. The fraction of sp³-hybridized carbons (Fsp3) is 1.00. The van der Waals surface area contributed by atoms with E-state index >= 15 is 0 Å². The molecule has 0 spiro atoms. The van der Waals surface area contributed by atoms with E-state index in [1.54, 1.807) is 0 Å². The number of rotatable bonds is 18. The van der Waals surface area contributed by atoms with Crippen LogP contribution in [-0.4, -0.2) is 25.0 Å². The number of halogens is 1. The minimum atomic E-state index is 0. The van der Waals surface area contributed by atoms with E-state index in [1.807, 2.05) is 0 Å². The molecule has 0 aromatic heterocycles. The lowest BCUT2D eigenvalue weighted by Crippen LogP contribution is -2.27. The van der Waals surface area contributed by atoms with Crippen LogP contribution < -0.4 is 0 Å². The summed E-state index contributed by atoms with van der Waals surface area (Å²) in [6.07, 6.45) is 24.5. The van der Waals surface area contributed by atoms with Gasteiger partial charge in [-0.2, -0.15) is 0 Å². The minimum Gasteiger partial charge on any atom is -0.306 e. The first-order chi connectivity index (χ1) is 11.2. The maximum absolute atomic E-state index is 2.44. The minimum absolute atomic E-state index is 0. The van der Waals surface area contributed by atoms with Gasteiger partial charge in [0.05, 0.1) is 0 Å². The van der Waals surface area contributed by atoms with E-state index in [9.17, 15) is 0 Å². The Morgan fingerprint density at radius 3 is 1.21 bits per heavy atom. The fourth-order valence-electron chi connectivity index (χ4n) is 3.50. The van der Waals surface area contributed by atoms with Gasteiger partial charge in [-0.1, -0.05) is 110 Å². The summed E-state index contributed by atoms with van der Waals surface area (Å²) in [5, 5.41) is 0. The van der Waals surface area contributed by atoms with Crippen molar-refractivity contribution < 1.29 is 0 Å². The number of hydrogen-bond acceptors (Lipinski definition) is 1. The van der Waals surface area contributed by atoms with E-state index in [1.165, 1.54) is 109 Å². The zero-order valence-electron chi connectivity index (χ0n) is 17.5. The zero-order valence-corrected chi connectivity index (χ0v) is 19.2. The summed E-state index contributed by atoms with van der Waals surface area (Å²) in [5.41, 5.74) is 0. The van der Waals surface area contributed by atoms with Crippen molar-refractivity contribution >= 4 is 17.0 Å². The molecule has 148 valence electrons. The SMILES string of the molecule is Br.CCCCCCCCCCCCCCCC(CCCC)N(C)C. The van der Waals surface area contributed by atoms with Crippen molar-refractivity contribution in [2.75, 3.05) is 14.1 Å². The van der Waals surface area contributed by atoms with E-state index < -0.39 is 0 Å². The van der Waals surface area contributed by atoms with Crippen molar-refractivity contribution in [2.45, 2.75) is 129 Å². The summed E-state index contributed by atoms with van der Waals surface area (Å²) >= 11 is 0. The molecule has 0 saturated heterocycles. The van der Waals surface area contributed by atoms with E-state index in [2.05, 4.69) is 32.8 Å². The Morgan fingerprint density at radius 2 is 0.833 bits per heavy atom. The molecular weight excluding hydrogens is 358 g/mol. The topological polar surface area (TPSA) is 3.24 Å². The predicted octanol–water partition coefficient (Wildman–Crippen LogP) is 8.17. The Balaban J connectivity index is 0. The highest BCUT2D eigenvalue weighted by Crippen LogP contribution is 2.16. The van der Waals surface area contributed by atoms with Crippen LogP contribution in [0.2, 0.25) is 0 Å². The Labute approximate surface area is 165 Å². The van der Waals surface area contributed by atoms with E-state index in [-0.39, 0.29) is 17.0 Å². The van der Waals surface area contributed by atoms with Crippen LogP contribution in [0, 0.1) is 0 Å². The van der Waals surface area contributed by atoms with Gasteiger partial charge >= 0.3 is 0 Å². The van der Waals surface area contributed by atoms with Crippen LogP contribution >= 0.6 is 17.0 Å². The molecule has 0 aliphatic heterocycles. The largest absolute Gasteiger partial charge is 0.306 e. The fourth-order valence-corrected chi connectivity index (χ4v) is 3.50. The van der Waals surface area contributed by atoms with Crippen LogP contribution in [0.3, 0.4) is 0 Å². The third-order valence-electron chi connectivity index (χ3n) is 5.26. The highest BCUT2D eigenvalue weighted by atomic mass is 79.9. The van der Waals surface area contributed by atoms with Gasteiger partial charge in [0.2, 0.25) is 0 Å². The highest BCUT2D eigenvalue weighted by molar-refractivity contribution is 8.93. The molecule has 0 rings (SSSR count). The molecule has 24 heavy (non-hydrogen) atoms. The van der Waals surface area contributed by atoms with Crippen molar-refractivity contribution in [1.29, 1.82) is 0 Å². The summed E-state index contributed by atoms with van der Waals surface area (Å²) in [7, 11) is 4.51. The lowest BCUT2D eigenvalue weighted by Gasteiger charge is -2.24. The maximum atomic E-state index is 2.44. The molecule has 1 unspecified atom stereocenters. The monoisotopic (exact) mass is 405 g/mol. The molecule has 0 N–H and O–H groups in total. The van der Waals surface area contributed by atoms with E-state index in [0.29, 0.717) is 0 Å². The van der Waals surface area contributed by atoms with Crippen LogP contribution in [0.1, 0.15) is 123 Å². The summed E-state index contributed by atoms with van der Waals surface area (Å²) in [6.45, 7) is 4.60. The smallest absolute Gasteiger partial charge is 0.00891 e. The number of hydrogen-bond donors (Lipinski definition) is 0. The number of nitrogens with zero attached hydrogens (tertiary/aromatic N) is 1. The van der Waals surface area contributed by atoms with Gasteiger partial charge in [-0.3, -0.25) is 0 Å². The molecule has 0 heterocycles. The first-order valence-electron chi connectivity index (χ1n) is 10.9. The Bertz CT molecular complexity index is 218. The quantitative estimate of drug-likeness (QED) is 0.208. The standard InChI is InChI=1S/C22H47N.BrH/c1-5-7-9-10-11-12-13-14-15-16-17-18-19-21-22(23(3)4)20-8-6-2;/h22H,5-21H2,1-4H3;1H. The molecule has 0 aliphatic rings. The summed E-state index contributed by atoms with van der Waals surface area (Å²) in [4.78, 5) is 2.44. The van der Waals surface area contributed by atoms with Crippen LogP contribution in [0.15, 0.2) is 0 Å². The average molecular weight is 407 g/mol. The second kappa shape index (κ2) is 21.5. The lowest BCUT2D eigenvalue weighted by atomic mass is 10.0. The molecular formula is C22H48BrN. The molecule has 1 nitrogen and oxygen atoms in total. The van der Waals surface area contributed by atoms with Crippen molar-refractivity contribution in [3.63, 3.8) is 0 Å². The molecule has 0 amide bonds. The lowest BCUT2D eigenvalue weighted by molar-refractivity contribution is 0.253. The van der Waals surface area contributed by atoms with E-state index in [0.717, 1.165) is 6.04 Å². The highest BCUT2D eigenvalue weighted by Gasteiger charge is 2.09.